The number of allylic oxidation sites excluding steroid dienone is 2. The molecular formula is C10H22OPtSi2+2. The molecule has 0 aliphatic carbocycles. The second kappa shape index (κ2) is 6.94. The fourth-order valence-corrected chi connectivity index (χ4v) is 9.57. The monoisotopic (exact) mass is 409 g/mol. The summed E-state index contributed by atoms with van der Waals surface area (Å²) >= 11 is 0. The van der Waals surface area contributed by atoms with Gasteiger partial charge in [-0.3, -0.25) is 0 Å². The zero-order valence-corrected chi connectivity index (χ0v) is 14.0. The van der Waals surface area contributed by atoms with E-state index in [9.17, 15) is 0 Å². The molecule has 0 unspecified atom stereocenters. The molecule has 1 nitrogen and oxygen atoms in total. The van der Waals surface area contributed by atoms with Gasteiger partial charge in [-0.05, 0) is 38.3 Å². The fourth-order valence-electron chi connectivity index (χ4n) is 1.53. The minimum atomic E-state index is -1.48. The Balaban J connectivity index is 0. The summed E-state index contributed by atoms with van der Waals surface area (Å²) in [4.78, 5) is 0. The van der Waals surface area contributed by atoms with Crippen LogP contribution in [0.5, 0.6) is 0 Å². The third kappa shape index (κ3) is 7.92. The maximum Gasteiger partial charge on any atom is 2.00 e. The summed E-state index contributed by atoms with van der Waals surface area (Å²) in [6.45, 7) is 16.6. The van der Waals surface area contributed by atoms with Gasteiger partial charge in [0.15, 0.2) is 16.6 Å². The second-order valence-electron chi connectivity index (χ2n) is 4.61. The van der Waals surface area contributed by atoms with Crippen LogP contribution < -0.4 is 0 Å². The molecule has 0 radical (unpaired) electrons. The Hall–Kier alpha value is 0.562. The molecule has 0 spiro atoms. The Morgan fingerprint density at radius 3 is 1.43 bits per heavy atom. The molecule has 0 aliphatic rings. The van der Waals surface area contributed by atoms with Crippen LogP contribution in [0.4, 0.5) is 0 Å². The second-order valence-corrected chi connectivity index (χ2v) is 13.3. The maximum absolute atomic E-state index is 6.24. The minimum absolute atomic E-state index is 0. The van der Waals surface area contributed by atoms with Crippen molar-refractivity contribution in [3.8, 4) is 0 Å². The van der Waals surface area contributed by atoms with Crippen molar-refractivity contribution in [2.75, 3.05) is 0 Å². The van der Waals surface area contributed by atoms with E-state index in [0.717, 1.165) is 12.1 Å². The van der Waals surface area contributed by atoms with Crippen molar-refractivity contribution in [2.45, 2.75) is 38.3 Å². The summed E-state index contributed by atoms with van der Waals surface area (Å²) in [7, 11) is -2.96. The van der Waals surface area contributed by atoms with Crippen LogP contribution >= 0.6 is 0 Å². The molecule has 0 atom stereocenters. The number of hydrogen-bond acceptors (Lipinski definition) is 1. The van der Waals surface area contributed by atoms with Gasteiger partial charge in [0.05, 0.1) is 0 Å². The largest absolute Gasteiger partial charge is 2.00 e. The summed E-state index contributed by atoms with van der Waals surface area (Å²) in [6, 6.07) is 2.08. The average molecular weight is 410 g/mol. The van der Waals surface area contributed by atoms with Crippen molar-refractivity contribution in [2.24, 2.45) is 0 Å². The molecule has 0 aliphatic heterocycles. The van der Waals surface area contributed by atoms with E-state index in [-0.39, 0.29) is 21.1 Å². The van der Waals surface area contributed by atoms with Crippen molar-refractivity contribution < 1.29 is 25.2 Å². The van der Waals surface area contributed by atoms with Crippen LogP contribution in [0.2, 0.25) is 38.3 Å². The van der Waals surface area contributed by atoms with Gasteiger partial charge < -0.3 is 4.12 Å². The van der Waals surface area contributed by atoms with Gasteiger partial charge in [0.25, 0.3) is 0 Å². The molecule has 0 N–H and O–H groups in total. The summed E-state index contributed by atoms with van der Waals surface area (Å²) in [6.07, 6.45) is 3.95. The van der Waals surface area contributed by atoms with Gasteiger partial charge in [0.1, 0.15) is 0 Å². The molecule has 0 aromatic heterocycles. The zero-order chi connectivity index (χ0) is 10.5. The predicted molar refractivity (Wildman–Crippen MR) is 66.1 cm³/mol. The summed E-state index contributed by atoms with van der Waals surface area (Å²) < 4.78 is 6.24. The van der Waals surface area contributed by atoms with E-state index in [4.69, 9.17) is 4.12 Å². The first-order valence-electron chi connectivity index (χ1n) is 4.75. The molecule has 84 valence electrons. The van der Waals surface area contributed by atoms with Crippen molar-refractivity contribution in [3.63, 3.8) is 0 Å². The predicted octanol–water partition coefficient (Wildman–Crippen LogP) is 3.78. The van der Waals surface area contributed by atoms with Crippen LogP contribution in [0.15, 0.2) is 25.3 Å². The maximum atomic E-state index is 6.24. The first kappa shape index (κ1) is 17.0. The molecule has 0 aromatic rings. The van der Waals surface area contributed by atoms with E-state index >= 15 is 0 Å². The Morgan fingerprint density at radius 1 is 0.929 bits per heavy atom. The van der Waals surface area contributed by atoms with Crippen LogP contribution in [0.1, 0.15) is 0 Å². The summed E-state index contributed by atoms with van der Waals surface area (Å²) in [5.41, 5.74) is 0. The minimum Gasteiger partial charge on any atom is -0.455 e. The quantitative estimate of drug-likeness (QED) is 0.479. The van der Waals surface area contributed by atoms with Crippen LogP contribution in [-0.2, 0) is 25.2 Å². The molecule has 4 heteroatoms. The molecule has 0 rings (SSSR count). The topological polar surface area (TPSA) is 9.23 Å². The standard InChI is InChI=1S/C10H22OSi2.Pt/c1-7-9-12(3,4)11-13(5,6)10-8-2;/h7-8H,1-2,9-10H2,3-6H3;/q;+2. The summed E-state index contributed by atoms with van der Waals surface area (Å²) in [5, 5.41) is 0. The van der Waals surface area contributed by atoms with E-state index in [1.54, 1.807) is 0 Å². The number of rotatable bonds is 6. The molecule has 0 amide bonds. The summed E-state index contributed by atoms with van der Waals surface area (Å²) in [5.74, 6) is 0. The molecule has 0 saturated carbocycles. The smallest absolute Gasteiger partial charge is 0.455 e. The third-order valence-electron chi connectivity index (χ3n) is 1.82. The van der Waals surface area contributed by atoms with E-state index < -0.39 is 16.6 Å². The molecule has 0 bridgehead atoms. The average Bonchev–Trinajstić information content (AvgIpc) is 1.82. The van der Waals surface area contributed by atoms with Crippen LogP contribution in [-0.4, -0.2) is 16.6 Å². The van der Waals surface area contributed by atoms with E-state index in [1.807, 2.05) is 12.2 Å². The molecule has 0 heterocycles. The van der Waals surface area contributed by atoms with E-state index in [0.29, 0.717) is 0 Å². The van der Waals surface area contributed by atoms with E-state index in [2.05, 4.69) is 39.3 Å². The third-order valence-corrected chi connectivity index (χ3v) is 8.79. The Bertz CT molecular complexity index is 171. The first-order valence-corrected chi connectivity index (χ1v) is 11.0. The van der Waals surface area contributed by atoms with Gasteiger partial charge in [0, 0.05) is 0 Å². The number of hydrogen-bond donors (Lipinski definition) is 0. The van der Waals surface area contributed by atoms with Crippen molar-refractivity contribution in [1.82, 2.24) is 0 Å². The van der Waals surface area contributed by atoms with Crippen molar-refractivity contribution in [1.29, 1.82) is 0 Å². The van der Waals surface area contributed by atoms with Gasteiger partial charge in [-0.25, -0.2) is 0 Å². The molecular weight excluding hydrogens is 387 g/mol. The van der Waals surface area contributed by atoms with Gasteiger partial charge in [0.2, 0.25) is 0 Å². The molecule has 0 aromatic carbocycles. The van der Waals surface area contributed by atoms with Crippen molar-refractivity contribution in [3.05, 3.63) is 25.3 Å². The fraction of sp³-hybridized carbons (Fsp3) is 0.600. The Morgan fingerprint density at radius 2 is 1.21 bits per heavy atom. The van der Waals surface area contributed by atoms with Gasteiger partial charge >= 0.3 is 21.1 Å². The van der Waals surface area contributed by atoms with Gasteiger partial charge in [-0.2, -0.15) is 0 Å². The molecule has 0 saturated heterocycles. The normalized spacial score (nSPS) is 11.7. The Labute approximate surface area is 105 Å². The molecule has 14 heavy (non-hydrogen) atoms. The van der Waals surface area contributed by atoms with Crippen molar-refractivity contribution >= 4 is 16.6 Å². The van der Waals surface area contributed by atoms with E-state index in [1.165, 1.54) is 0 Å². The van der Waals surface area contributed by atoms with Gasteiger partial charge in [-0.1, -0.05) is 12.2 Å². The van der Waals surface area contributed by atoms with Crippen LogP contribution in [0, 0.1) is 0 Å². The van der Waals surface area contributed by atoms with Crippen LogP contribution in [0.25, 0.3) is 0 Å². The molecule has 0 fully saturated rings. The van der Waals surface area contributed by atoms with Crippen LogP contribution in [0.3, 0.4) is 0 Å². The first-order chi connectivity index (χ1) is 5.83. The SMILES string of the molecule is C=CC[Si](C)(C)O[Si](C)(C)CC=C.[Pt+2]. The zero-order valence-electron chi connectivity index (χ0n) is 9.71. The Kier molecular flexibility index (Phi) is 8.41. The van der Waals surface area contributed by atoms with Gasteiger partial charge in [-0.15, -0.1) is 13.2 Å².